The van der Waals surface area contributed by atoms with Crippen molar-refractivity contribution in [2.75, 3.05) is 18.6 Å². The van der Waals surface area contributed by atoms with Gasteiger partial charge in [0, 0.05) is 45.0 Å². The Morgan fingerprint density at radius 1 is 1.32 bits per heavy atom. The predicted molar refractivity (Wildman–Crippen MR) is 97.4 cm³/mol. The topological polar surface area (TPSA) is 61.0 Å². The van der Waals surface area contributed by atoms with E-state index in [1.807, 2.05) is 10.9 Å². The van der Waals surface area contributed by atoms with Crippen LogP contribution >= 0.6 is 0 Å². The van der Waals surface area contributed by atoms with Crippen LogP contribution in [-0.2, 0) is 24.4 Å². The molecule has 1 atom stereocenters. The maximum Gasteiger partial charge on any atom is 0.227 e. The van der Waals surface area contributed by atoms with Gasteiger partial charge in [-0.25, -0.2) is 0 Å². The summed E-state index contributed by atoms with van der Waals surface area (Å²) in [5.74, 6) is 2.40. The molecular formula is C18H30N6O. The van der Waals surface area contributed by atoms with Gasteiger partial charge >= 0.3 is 0 Å². The molecule has 0 amide bonds. The lowest BCUT2D eigenvalue weighted by Gasteiger charge is -2.25. The molecule has 1 aliphatic heterocycles. The van der Waals surface area contributed by atoms with Crippen LogP contribution in [0, 0.1) is 5.92 Å². The van der Waals surface area contributed by atoms with Gasteiger partial charge in [0.2, 0.25) is 5.95 Å². The number of aryl methyl sites for hydroxylation is 1. The Hall–Kier alpha value is -1.89. The first-order valence-electron chi connectivity index (χ1n) is 9.35. The molecule has 7 heteroatoms. The molecule has 0 N–H and O–H groups in total. The molecule has 2 aromatic heterocycles. The highest BCUT2D eigenvalue weighted by Crippen LogP contribution is 2.29. The van der Waals surface area contributed by atoms with Crippen LogP contribution in [0.2, 0.25) is 0 Å². The number of aromatic nitrogens is 5. The van der Waals surface area contributed by atoms with Crippen LogP contribution in [0.25, 0.3) is 0 Å². The molecule has 0 radical (unpaired) electrons. The third-order valence-corrected chi connectivity index (χ3v) is 4.55. The quantitative estimate of drug-likeness (QED) is 0.771. The summed E-state index contributed by atoms with van der Waals surface area (Å²) in [5, 5.41) is 13.4. The Kier molecular flexibility index (Phi) is 5.73. The summed E-state index contributed by atoms with van der Waals surface area (Å²) < 4.78 is 10.1. The van der Waals surface area contributed by atoms with Crippen LogP contribution in [0.3, 0.4) is 0 Å². The Bertz CT molecular complexity index is 671. The van der Waals surface area contributed by atoms with E-state index in [9.17, 15) is 0 Å². The summed E-state index contributed by atoms with van der Waals surface area (Å²) in [6.07, 6.45) is 7.45. The molecule has 1 aliphatic rings. The fourth-order valence-corrected chi connectivity index (χ4v) is 3.32. The van der Waals surface area contributed by atoms with Gasteiger partial charge in [-0.1, -0.05) is 13.8 Å². The second-order valence-electron chi connectivity index (χ2n) is 7.28. The largest absolute Gasteiger partial charge is 0.370 e. The summed E-state index contributed by atoms with van der Waals surface area (Å²) in [4.78, 5) is 2.15. The van der Waals surface area contributed by atoms with Crippen LogP contribution in [-0.4, -0.2) is 38.2 Å². The van der Waals surface area contributed by atoms with E-state index in [-0.39, 0.29) is 6.10 Å². The molecule has 1 saturated heterocycles. The summed E-state index contributed by atoms with van der Waals surface area (Å²) in [6, 6.07) is 0. The lowest BCUT2D eigenvalue weighted by Crippen LogP contribution is -2.24. The Labute approximate surface area is 150 Å². The average Bonchev–Trinajstić information content (AvgIpc) is 3.22. The molecule has 0 aliphatic carbocycles. The van der Waals surface area contributed by atoms with Gasteiger partial charge in [-0.3, -0.25) is 9.25 Å². The standard InChI is InChI=1S/C18H30N6O/c1-5-23-13-15(10-19-23)12-22(4)18-21-20-17(24(18)11-14(2)3)16-8-6-7-9-25-16/h10,13-14,16H,5-9,11-12H2,1-4H3. The Morgan fingerprint density at radius 2 is 2.16 bits per heavy atom. The van der Waals surface area contributed by atoms with E-state index in [2.05, 4.69) is 58.8 Å². The molecule has 0 spiro atoms. The van der Waals surface area contributed by atoms with Gasteiger partial charge in [0.05, 0.1) is 6.20 Å². The van der Waals surface area contributed by atoms with E-state index < -0.39 is 0 Å². The maximum absolute atomic E-state index is 5.96. The highest BCUT2D eigenvalue weighted by Gasteiger charge is 2.25. The predicted octanol–water partition coefficient (Wildman–Crippen LogP) is 3.03. The molecule has 0 bridgehead atoms. The monoisotopic (exact) mass is 346 g/mol. The first kappa shape index (κ1) is 17.9. The van der Waals surface area contributed by atoms with E-state index in [4.69, 9.17) is 4.74 Å². The molecule has 138 valence electrons. The van der Waals surface area contributed by atoms with Crippen molar-refractivity contribution in [2.24, 2.45) is 5.92 Å². The Balaban J connectivity index is 1.82. The van der Waals surface area contributed by atoms with Crippen molar-refractivity contribution in [1.29, 1.82) is 0 Å². The minimum atomic E-state index is 0.0741. The molecule has 3 rings (SSSR count). The number of ether oxygens (including phenoxy) is 1. The fraction of sp³-hybridized carbons (Fsp3) is 0.722. The lowest BCUT2D eigenvalue weighted by molar-refractivity contribution is 0.00688. The van der Waals surface area contributed by atoms with Crippen molar-refractivity contribution in [2.45, 2.75) is 65.8 Å². The van der Waals surface area contributed by atoms with Crippen LogP contribution < -0.4 is 4.90 Å². The number of nitrogens with zero attached hydrogens (tertiary/aromatic N) is 6. The van der Waals surface area contributed by atoms with Gasteiger partial charge < -0.3 is 9.64 Å². The maximum atomic E-state index is 5.96. The summed E-state index contributed by atoms with van der Waals surface area (Å²) >= 11 is 0. The first-order chi connectivity index (χ1) is 12.1. The normalized spacial score (nSPS) is 18.0. The summed E-state index contributed by atoms with van der Waals surface area (Å²) in [7, 11) is 2.07. The molecule has 1 fully saturated rings. The second-order valence-corrected chi connectivity index (χ2v) is 7.28. The van der Waals surface area contributed by atoms with E-state index in [0.717, 1.165) is 50.9 Å². The zero-order valence-electron chi connectivity index (χ0n) is 15.9. The number of anilines is 1. The fourth-order valence-electron chi connectivity index (χ4n) is 3.32. The molecule has 2 aromatic rings. The highest BCUT2D eigenvalue weighted by molar-refractivity contribution is 5.32. The zero-order valence-corrected chi connectivity index (χ0v) is 15.9. The van der Waals surface area contributed by atoms with Gasteiger partial charge in [-0.05, 0) is 32.1 Å². The van der Waals surface area contributed by atoms with Gasteiger partial charge in [-0.15, -0.1) is 10.2 Å². The zero-order chi connectivity index (χ0) is 17.8. The third-order valence-electron chi connectivity index (χ3n) is 4.55. The van der Waals surface area contributed by atoms with E-state index >= 15 is 0 Å². The van der Waals surface area contributed by atoms with E-state index in [0.29, 0.717) is 5.92 Å². The number of rotatable bonds is 7. The van der Waals surface area contributed by atoms with E-state index in [1.165, 1.54) is 12.0 Å². The van der Waals surface area contributed by atoms with Crippen molar-refractivity contribution >= 4 is 5.95 Å². The van der Waals surface area contributed by atoms with Gasteiger partial charge in [0.15, 0.2) is 5.82 Å². The van der Waals surface area contributed by atoms with Crippen LogP contribution in [0.15, 0.2) is 12.4 Å². The van der Waals surface area contributed by atoms with Gasteiger partial charge in [0.1, 0.15) is 6.10 Å². The second kappa shape index (κ2) is 7.99. The van der Waals surface area contributed by atoms with Crippen molar-refractivity contribution in [3.8, 4) is 0 Å². The number of hydrogen-bond acceptors (Lipinski definition) is 5. The third kappa shape index (κ3) is 4.21. The van der Waals surface area contributed by atoms with Crippen LogP contribution in [0.4, 0.5) is 5.95 Å². The van der Waals surface area contributed by atoms with Crippen LogP contribution in [0.5, 0.6) is 0 Å². The van der Waals surface area contributed by atoms with Gasteiger partial charge in [-0.2, -0.15) is 5.10 Å². The molecule has 7 nitrogen and oxygen atoms in total. The van der Waals surface area contributed by atoms with Crippen molar-refractivity contribution < 1.29 is 4.74 Å². The number of hydrogen-bond donors (Lipinski definition) is 0. The van der Waals surface area contributed by atoms with Crippen molar-refractivity contribution in [3.63, 3.8) is 0 Å². The smallest absolute Gasteiger partial charge is 0.227 e. The summed E-state index contributed by atoms with van der Waals surface area (Å²) in [5.41, 5.74) is 1.18. The lowest BCUT2D eigenvalue weighted by atomic mass is 10.1. The molecule has 0 saturated carbocycles. The molecule has 0 aromatic carbocycles. The SMILES string of the molecule is CCn1cc(CN(C)c2nnc(C3CCCCO3)n2CC(C)C)cn1. The van der Waals surface area contributed by atoms with Crippen LogP contribution in [0.1, 0.15) is 57.5 Å². The Morgan fingerprint density at radius 3 is 2.80 bits per heavy atom. The molecule has 25 heavy (non-hydrogen) atoms. The first-order valence-corrected chi connectivity index (χ1v) is 9.35. The average molecular weight is 346 g/mol. The molecular weight excluding hydrogens is 316 g/mol. The highest BCUT2D eigenvalue weighted by atomic mass is 16.5. The van der Waals surface area contributed by atoms with Crippen molar-refractivity contribution in [3.05, 3.63) is 23.8 Å². The minimum absolute atomic E-state index is 0.0741. The van der Waals surface area contributed by atoms with Gasteiger partial charge in [0.25, 0.3) is 0 Å². The van der Waals surface area contributed by atoms with E-state index in [1.54, 1.807) is 0 Å². The molecule has 1 unspecified atom stereocenters. The molecule has 3 heterocycles. The summed E-state index contributed by atoms with van der Waals surface area (Å²) in [6.45, 7) is 9.91. The minimum Gasteiger partial charge on any atom is -0.370 e. The van der Waals surface area contributed by atoms with Crippen molar-refractivity contribution in [1.82, 2.24) is 24.5 Å².